The van der Waals surface area contributed by atoms with E-state index in [0.29, 0.717) is 12.3 Å². The molecule has 0 saturated heterocycles. The molecule has 3 heteroatoms. The topological polar surface area (TPSA) is 49.3 Å². The molecule has 0 aromatic rings. The third-order valence-electron chi connectivity index (χ3n) is 4.25. The highest BCUT2D eigenvalue weighted by molar-refractivity contribution is 5.75. The second-order valence-corrected chi connectivity index (χ2v) is 6.18. The molecule has 2 N–H and O–H groups in total. The molecule has 1 fully saturated rings. The van der Waals surface area contributed by atoms with E-state index in [-0.39, 0.29) is 12.5 Å². The highest BCUT2D eigenvalue weighted by Crippen LogP contribution is 2.27. The molecular formula is C16H31NO2. The van der Waals surface area contributed by atoms with Gasteiger partial charge in [-0.25, -0.2) is 0 Å². The lowest BCUT2D eigenvalue weighted by Crippen LogP contribution is -2.24. The Morgan fingerprint density at radius 1 is 1.26 bits per heavy atom. The van der Waals surface area contributed by atoms with Crippen LogP contribution in [0.3, 0.4) is 0 Å². The van der Waals surface area contributed by atoms with Crippen LogP contribution in [0.5, 0.6) is 0 Å². The van der Waals surface area contributed by atoms with Crippen molar-refractivity contribution < 1.29 is 9.90 Å². The van der Waals surface area contributed by atoms with Crippen LogP contribution in [-0.2, 0) is 4.79 Å². The normalized spacial score (nSPS) is 18.2. The van der Waals surface area contributed by atoms with Gasteiger partial charge in [-0.1, -0.05) is 39.0 Å². The lowest BCUT2D eigenvalue weighted by Gasteiger charge is -2.21. The molecular weight excluding hydrogens is 238 g/mol. The number of aliphatic hydroxyl groups excluding tert-OH is 1. The van der Waals surface area contributed by atoms with E-state index in [4.69, 9.17) is 5.11 Å². The molecule has 1 unspecified atom stereocenters. The van der Waals surface area contributed by atoms with Crippen molar-refractivity contribution in [2.75, 3.05) is 13.2 Å². The summed E-state index contributed by atoms with van der Waals surface area (Å²) in [6, 6.07) is 0. The van der Waals surface area contributed by atoms with Crippen LogP contribution < -0.4 is 5.32 Å². The summed E-state index contributed by atoms with van der Waals surface area (Å²) in [4.78, 5) is 11.6. The maximum absolute atomic E-state index is 11.6. The van der Waals surface area contributed by atoms with Gasteiger partial charge in [-0.3, -0.25) is 4.79 Å². The van der Waals surface area contributed by atoms with Crippen LogP contribution in [0.25, 0.3) is 0 Å². The molecule has 0 heterocycles. The van der Waals surface area contributed by atoms with Crippen LogP contribution in [0.1, 0.15) is 71.1 Å². The molecule has 112 valence electrons. The maximum atomic E-state index is 11.6. The third-order valence-corrected chi connectivity index (χ3v) is 4.25. The van der Waals surface area contributed by atoms with Gasteiger partial charge < -0.3 is 10.4 Å². The minimum Gasteiger partial charge on any atom is -0.396 e. The van der Waals surface area contributed by atoms with Gasteiger partial charge >= 0.3 is 0 Å². The average molecular weight is 269 g/mol. The van der Waals surface area contributed by atoms with E-state index in [1.807, 2.05) is 6.92 Å². The summed E-state index contributed by atoms with van der Waals surface area (Å²) < 4.78 is 0. The Balaban J connectivity index is 1.92. The largest absolute Gasteiger partial charge is 0.396 e. The van der Waals surface area contributed by atoms with Crippen molar-refractivity contribution in [2.45, 2.75) is 71.1 Å². The van der Waals surface area contributed by atoms with Crippen molar-refractivity contribution in [1.82, 2.24) is 5.32 Å². The van der Waals surface area contributed by atoms with Crippen LogP contribution in [0, 0.1) is 11.8 Å². The summed E-state index contributed by atoms with van der Waals surface area (Å²) in [5.41, 5.74) is 0. The molecule has 1 atom stereocenters. The number of hydrogen-bond donors (Lipinski definition) is 2. The van der Waals surface area contributed by atoms with Crippen molar-refractivity contribution >= 4 is 5.91 Å². The van der Waals surface area contributed by atoms with E-state index < -0.39 is 0 Å². The van der Waals surface area contributed by atoms with Crippen LogP contribution in [0.2, 0.25) is 0 Å². The SMILES string of the molecule is CC(CO)CCCNC(=O)CCCC1CCCCC1. The minimum absolute atomic E-state index is 0.201. The molecule has 0 aliphatic heterocycles. The van der Waals surface area contributed by atoms with Crippen molar-refractivity contribution in [2.24, 2.45) is 11.8 Å². The fourth-order valence-electron chi connectivity index (χ4n) is 2.89. The molecule has 0 radical (unpaired) electrons. The monoisotopic (exact) mass is 269 g/mol. The molecule has 0 spiro atoms. The van der Waals surface area contributed by atoms with Crippen molar-refractivity contribution in [1.29, 1.82) is 0 Å². The second kappa shape index (κ2) is 10.2. The van der Waals surface area contributed by atoms with Gasteiger partial charge in [0.05, 0.1) is 0 Å². The molecule has 0 bridgehead atoms. The quantitative estimate of drug-likeness (QED) is 0.631. The van der Waals surface area contributed by atoms with Gasteiger partial charge in [0, 0.05) is 19.6 Å². The first-order valence-corrected chi connectivity index (χ1v) is 8.10. The first-order valence-electron chi connectivity index (χ1n) is 8.10. The number of amides is 1. The Morgan fingerprint density at radius 3 is 2.68 bits per heavy atom. The van der Waals surface area contributed by atoms with Gasteiger partial charge in [-0.15, -0.1) is 0 Å². The van der Waals surface area contributed by atoms with Crippen molar-refractivity contribution in [3.8, 4) is 0 Å². The molecule has 1 aliphatic rings. The number of carbonyl (C=O) groups excluding carboxylic acids is 1. The molecule has 1 saturated carbocycles. The molecule has 19 heavy (non-hydrogen) atoms. The Morgan fingerprint density at radius 2 is 2.00 bits per heavy atom. The molecule has 0 aromatic heterocycles. The zero-order valence-electron chi connectivity index (χ0n) is 12.5. The van der Waals surface area contributed by atoms with Crippen LogP contribution in [0.4, 0.5) is 0 Å². The minimum atomic E-state index is 0.201. The fourth-order valence-corrected chi connectivity index (χ4v) is 2.89. The summed E-state index contributed by atoms with van der Waals surface area (Å²) in [6.45, 7) is 3.04. The van der Waals surface area contributed by atoms with Gasteiger partial charge in [0.2, 0.25) is 5.91 Å². The van der Waals surface area contributed by atoms with Gasteiger partial charge in [0.25, 0.3) is 0 Å². The highest BCUT2D eigenvalue weighted by Gasteiger charge is 2.13. The third kappa shape index (κ3) is 8.25. The zero-order chi connectivity index (χ0) is 13.9. The Bertz CT molecular complexity index is 237. The standard InChI is InChI=1S/C16H31NO2/c1-14(13-18)7-6-12-17-16(19)11-5-10-15-8-3-2-4-9-15/h14-15,18H,2-13H2,1H3,(H,17,19). The van der Waals surface area contributed by atoms with Crippen LogP contribution in [-0.4, -0.2) is 24.2 Å². The number of hydrogen-bond acceptors (Lipinski definition) is 2. The number of rotatable bonds is 9. The van der Waals surface area contributed by atoms with E-state index in [0.717, 1.165) is 31.7 Å². The van der Waals surface area contributed by atoms with Crippen molar-refractivity contribution in [3.63, 3.8) is 0 Å². The predicted octanol–water partition coefficient (Wildman–Crippen LogP) is 3.26. The van der Waals surface area contributed by atoms with Gasteiger partial charge in [0.15, 0.2) is 0 Å². The van der Waals surface area contributed by atoms with Crippen molar-refractivity contribution in [3.05, 3.63) is 0 Å². The van der Waals surface area contributed by atoms with E-state index in [2.05, 4.69) is 5.32 Å². The predicted molar refractivity (Wildman–Crippen MR) is 78.9 cm³/mol. The first-order chi connectivity index (χ1) is 9.22. The lowest BCUT2D eigenvalue weighted by molar-refractivity contribution is -0.121. The Hall–Kier alpha value is -0.570. The van der Waals surface area contributed by atoms with Crippen LogP contribution in [0.15, 0.2) is 0 Å². The van der Waals surface area contributed by atoms with Gasteiger partial charge in [0.1, 0.15) is 0 Å². The summed E-state index contributed by atoms with van der Waals surface area (Å²) in [6.07, 6.45) is 11.9. The Labute approximate surface area is 118 Å². The van der Waals surface area contributed by atoms with E-state index >= 15 is 0 Å². The van der Waals surface area contributed by atoms with Gasteiger partial charge in [-0.2, -0.15) is 0 Å². The molecule has 0 aromatic carbocycles. The van der Waals surface area contributed by atoms with E-state index in [9.17, 15) is 4.79 Å². The smallest absolute Gasteiger partial charge is 0.219 e. The lowest BCUT2D eigenvalue weighted by atomic mass is 9.86. The summed E-state index contributed by atoms with van der Waals surface area (Å²) in [5, 5.41) is 11.9. The molecule has 1 rings (SSSR count). The van der Waals surface area contributed by atoms with Crippen LogP contribution >= 0.6 is 0 Å². The molecule has 1 aliphatic carbocycles. The highest BCUT2D eigenvalue weighted by atomic mass is 16.3. The fraction of sp³-hybridized carbons (Fsp3) is 0.938. The maximum Gasteiger partial charge on any atom is 0.219 e. The molecule has 3 nitrogen and oxygen atoms in total. The summed E-state index contributed by atoms with van der Waals surface area (Å²) >= 11 is 0. The Kier molecular flexibility index (Phi) is 8.89. The zero-order valence-corrected chi connectivity index (χ0v) is 12.5. The van der Waals surface area contributed by atoms with Gasteiger partial charge in [-0.05, 0) is 37.5 Å². The number of nitrogens with one attached hydrogen (secondary N) is 1. The summed E-state index contributed by atoms with van der Waals surface area (Å²) in [5.74, 6) is 1.43. The first kappa shape index (κ1) is 16.5. The summed E-state index contributed by atoms with van der Waals surface area (Å²) in [7, 11) is 0. The van der Waals surface area contributed by atoms with E-state index in [1.165, 1.54) is 38.5 Å². The van der Waals surface area contributed by atoms with E-state index in [1.54, 1.807) is 0 Å². The second-order valence-electron chi connectivity index (χ2n) is 6.18. The number of aliphatic hydroxyl groups is 1. The molecule has 1 amide bonds. The average Bonchev–Trinajstić information content (AvgIpc) is 2.44. The number of carbonyl (C=O) groups is 1.